The number of nitrogens with zero attached hydrogens (tertiary/aromatic N) is 1. The maximum Gasteiger partial charge on any atom is 0.328 e. The molecule has 1 heterocycles. The van der Waals surface area contributed by atoms with Crippen molar-refractivity contribution in [2.24, 2.45) is 23.1 Å². The lowest BCUT2D eigenvalue weighted by atomic mass is 9.96. The van der Waals surface area contributed by atoms with Crippen LogP contribution < -0.4 is 59.7 Å². The molecule has 9 amide bonds. The highest BCUT2D eigenvalue weighted by atomic mass is 32.1. The van der Waals surface area contributed by atoms with Crippen LogP contribution in [0.15, 0.2) is 24.3 Å². The molecular weight excluding hydrogens is 977 g/mol. The molecule has 18 N–H and O–H groups in total. The first-order valence-corrected chi connectivity index (χ1v) is 25.0. The smallest absolute Gasteiger partial charge is 0.328 e. The van der Waals surface area contributed by atoms with Gasteiger partial charge in [0.2, 0.25) is 53.2 Å². The molecule has 0 radical (unpaired) electrons. The molecule has 2 rings (SSSR count). The van der Waals surface area contributed by atoms with Gasteiger partial charge in [0.05, 0.1) is 19.8 Å². The molecule has 0 aliphatic carbocycles. The second-order valence-electron chi connectivity index (χ2n) is 17.7. The number of hydrogen-bond acceptors (Lipinski definition) is 17. The average molecular weight is 1050 g/mol. The summed E-state index contributed by atoms with van der Waals surface area (Å²) in [6.07, 6.45) is 2.53. The van der Waals surface area contributed by atoms with Crippen molar-refractivity contribution < 1.29 is 68.4 Å². The first-order chi connectivity index (χ1) is 34.7. The lowest BCUT2D eigenvalue weighted by Gasteiger charge is -2.29. The molecule has 1 fully saturated rings. The van der Waals surface area contributed by atoms with E-state index < -0.39 is 133 Å². The largest absolute Gasteiger partial charge is 0.508 e. The first-order valence-electron chi connectivity index (χ1n) is 24.4. The third kappa shape index (κ3) is 20.7. The maximum atomic E-state index is 14.2. The summed E-state index contributed by atoms with van der Waals surface area (Å²) in [6, 6.07) is -6.56. The molecule has 1 aromatic rings. The number of thiol groups is 1. The van der Waals surface area contributed by atoms with Crippen molar-refractivity contribution in [1.82, 2.24) is 47.4 Å². The van der Waals surface area contributed by atoms with Gasteiger partial charge in [-0.25, -0.2) is 4.79 Å². The number of rotatable bonds is 33. The highest BCUT2D eigenvalue weighted by Crippen LogP contribution is 2.18. The van der Waals surface area contributed by atoms with Gasteiger partial charge in [-0.1, -0.05) is 32.4 Å². The van der Waals surface area contributed by atoms with Gasteiger partial charge in [-0.15, -0.1) is 0 Å². The van der Waals surface area contributed by atoms with E-state index in [4.69, 9.17) is 17.2 Å². The molecule has 0 spiro atoms. The van der Waals surface area contributed by atoms with E-state index in [-0.39, 0.29) is 50.4 Å². The fraction of sp³-hybridized carbons (Fsp3) is 0.652. The number of carboxylic acid groups (broad SMARTS) is 1. The number of nitrogens with two attached hydrogens (primary N) is 3. The summed E-state index contributed by atoms with van der Waals surface area (Å²) in [5.41, 5.74) is 17.2. The Bertz CT molecular complexity index is 2020. The number of phenolic OH excluding ortho intramolecular Hbond substituents is 1. The third-order valence-corrected chi connectivity index (χ3v) is 12.6. The topological polar surface area (TPSA) is 429 Å². The van der Waals surface area contributed by atoms with Gasteiger partial charge >= 0.3 is 5.97 Å². The summed E-state index contributed by atoms with van der Waals surface area (Å²) >= 11 is 4.23. The van der Waals surface area contributed by atoms with Crippen LogP contribution in [0.4, 0.5) is 0 Å². The van der Waals surface area contributed by atoms with Gasteiger partial charge in [-0.2, -0.15) is 12.6 Å². The number of benzene rings is 1. The second kappa shape index (κ2) is 32.8. The highest BCUT2D eigenvalue weighted by molar-refractivity contribution is 7.80. The number of amides is 9. The summed E-state index contributed by atoms with van der Waals surface area (Å²) in [4.78, 5) is 134. The van der Waals surface area contributed by atoms with E-state index in [1.807, 2.05) is 0 Å². The molecule has 0 aromatic heterocycles. The zero-order valence-electron chi connectivity index (χ0n) is 41.6. The molecular formula is C46H76N12O14S. The Labute approximate surface area is 429 Å². The highest BCUT2D eigenvalue weighted by Gasteiger charge is 2.37. The Morgan fingerprint density at radius 1 is 0.644 bits per heavy atom. The molecule has 0 unspecified atom stereocenters. The number of phenols is 1. The Hall–Kier alpha value is -6.13. The van der Waals surface area contributed by atoms with E-state index in [0.29, 0.717) is 57.1 Å². The Balaban J connectivity index is 2.32. The minimum absolute atomic E-state index is 0.0154. The number of carbonyl (C=O) groups excluding carboxylic acids is 9. The predicted octanol–water partition coefficient (Wildman–Crippen LogP) is -4.91. The van der Waals surface area contributed by atoms with E-state index in [2.05, 4.69) is 55.2 Å². The molecule has 0 bridgehead atoms. The fourth-order valence-corrected chi connectivity index (χ4v) is 7.86. The van der Waals surface area contributed by atoms with Crippen molar-refractivity contribution in [3.63, 3.8) is 0 Å². The number of unbranched alkanes of at least 4 members (excludes halogenated alkanes) is 2. The van der Waals surface area contributed by atoms with Crippen molar-refractivity contribution in [1.29, 1.82) is 0 Å². The van der Waals surface area contributed by atoms with Crippen molar-refractivity contribution in [2.45, 2.75) is 139 Å². The standard InChI is InChI=1S/C46H76N12O14S/c1-4-25(2)37(45(70)54-32(22-59)42(67)52-29(10-5-7-17-47)39(64)51-30(11-6-8-18-48)40(65)55-33(23-60)46(71)72)57-41(66)31(20-27-13-15-28(61)16-14-27)53-43(68)34(24-73)56-38(63)26(3)50-44(69)35-12-9-19-58(35)36(62)21-49/h13-16,25-26,29-35,37,59-61,73H,4-12,17-24,47-49H2,1-3H3,(H,50,69)(H,51,64)(H,52,67)(H,53,68)(H,54,70)(H,55,65)(H,56,63)(H,57,66)(H,71,72)/t25-,26-,29-,30-,31-,32-,33-,34-,35-,37-/m0/s1. The lowest BCUT2D eigenvalue weighted by Crippen LogP contribution is -2.62. The molecule has 1 aromatic carbocycles. The average Bonchev–Trinajstić information content (AvgIpc) is 3.87. The van der Waals surface area contributed by atoms with Crippen LogP contribution in [0.3, 0.4) is 0 Å². The van der Waals surface area contributed by atoms with E-state index in [1.54, 1.807) is 13.8 Å². The van der Waals surface area contributed by atoms with Gasteiger partial charge in [0.15, 0.2) is 0 Å². The molecule has 1 saturated heterocycles. The van der Waals surface area contributed by atoms with Crippen LogP contribution in [0.1, 0.15) is 84.1 Å². The van der Waals surface area contributed by atoms with Gasteiger partial charge < -0.3 is 85.1 Å². The van der Waals surface area contributed by atoms with Crippen molar-refractivity contribution in [2.75, 3.05) is 45.1 Å². The first kappa shape index (κ1) is 63.0. The van der Waals surface area contributed by atoms with Crippen LogP contribution in [0.25, 0.3) is 0 Å². The van der Waals surface area contributed by atoms with Gasteiger partial charge in [0.1, 0.15) is 60.1 Å². The summed E-state index contributed by atoms with van der Waals surface area (Å²) < 4.78 is 0. The molecule has 73 heavy (non-hydrogen) atoms. The molecule has 0 saturated carbocycles. The van der Waals surface area contributed by atoms with Crippen LogP contribution in [0.5, 0.6) is 5.75 Å². The van der Waals surface area contributed by atoms with Crippen LogP contribution in [0.2, 0.25) is 0 Å². The zero-order valence-corrected chi connectivity index (χ0v) is 42.5. The van der Waals surface area contributed by atoms with Crippen molar-refractivity contribution in [3.05, 3.63) is 29.8 Å². The van der Waals surface area contributed by atoms with Gasteiger partial charge in [0.25, 0.3) is 0 Å². The monoisotopic (exact) mass is 1050 g/mol. The predicted molar refractivity (Wildman–Crippen MR) is 268 cm³/mol. The fourth-order valence-electron chi connectivity index (χ4n) is 7.61. The SMILES string of the molecule is CC[C@H](C)[C@H](NC(=O)[C@H](Cc1ccc(O)cc1)NC(=O)[C@H](CS)NC(=O)[C@H](C)NC(=O)[C@@H]1CCCN1C(=O)CN)C(=O)N[C@@H](CO)C(=O)N[C@@H](CCCCN)C(=O)N[C@@H](CCCCN)C(=O)N[C@@H](CO)C(=O)O. The van der Waals surface area contributed by atoms with E-state index in [9.17, 15) is 68.4 Å². The molecule has 1 aliphatic rings. The number of carbonyl (C=O) groups is 10. The molecule has 26 nitrogen and oxygen atoms in total. The number of aliphatic hydroxyl groups excluding tert-OH is 2. The van der Waals surface area contributed by atoms with Crippen molar-refractivity contribution in [3.8, 4) is 5.75 Å². The normalized spacial score (nSPS) is 16.9. The summed E-state index contributed by atoms with van der Waals surface area (Å²) in [7, 11) is 0. The van der Waals surface area contributed by atoms with Crippen molar-refractivity contribution >= 4 is 71.8 Å². The van der Waals surface area contributed by atoms with E-state index in [1.165, 1.54) is 36.1 Å². The number of nitrogens with one attached hydrogen (secondary N) is 8. The number of carboxylic acids is 1. The number of aliphatic carboxylic acids is 1. The van der Waals surface area contributed by atoms with Crippen LogP contribution in [-0.4, -0.2) is 184 Å². The number of hydrogen-bond donors (Lipinski definition) is 16. The van der Waals surface area contributed by atoms with Gasteiger partial charge in [-0.05, 0) is 95.0 Å². The number of aromatic hydroxyl groups is 1. The molecule has 27 heteroatoms. The zero-order chi connectivity index (χ0) is 54.8. The Morgan fingerprint density at radius 3 is 1.62 bits per heavy atom. The third-order valence-electron chi connectivity index (χ3n) is 12.2. The summed E-state index contributed by atoms with van der Waals surface area (Å²) in [6.45, 7) is 3.32. The van der Waals surface area contributed by atoms with Gasteiger partial charge in [0, 0.05) is 18.7 Å². The minimum atomic E-state index is -1.70. The van der Waals surface area contributed by atoms with Crippen LogP contribution >= 0.6 is 12.6 Å². The molecule has 10 atom stereocenters. The Morgan fingerprint density at radius 2 is 1.12 bits per heavy atom. The maximum absolute atomic E-state index is 14.2. The Kier molecular flexibility index (Phi) is 28.3. The lowest BCUT2D eigenvalue weighted by molar-refractivity contribution is -0.143. The summed E-state index contributed by atoms with van der Waals surface area (Å²) in [5, 5.41) is 59.0. The van der Waals surface area contributed by atoms with Crippen LogP contribution in [-0.2, 0) is 54.4 Å². The quantitative estimate of drug-likeness (QED) is 0.0232. The van der Waals surface area contributed by atoms with E-state index >= 15 is 0 Å². The van der Waals surface area contributed by atoms with E-state index in [0.717, 1.165) is 0 Å². The minimum Gasteiger partial charge on any atom is -0.508 e. The number of likely N-dealkylation sites (tertiary alicyclic amines) is 1. The summed E-state index contributed by atoms with van der Waals surface area (Å²) in [5.74, 6) is -9.80. The van der Waals surface area contributed by atoms with Crippen LogP contribution in [0, 0.1) is 5.92 Å². The molecule has 1 aliphatic heterocycles. The second-order valence-corrected chi connectivity index (χ2v) is 18.1. The number of aliphatic hydroxyl groups is 2. The van der Waals surface area contributed by atoms with Gasteiger partial charge in [-0.3, -0.25) is 43.2 Å². The molecule has 410 valence electrons.